The molecule has 0 radical (unpaired) electrons. The van der Waals surface area contributed by atoms with Crippen LogP contribution in [0.5, 0.6) is 0 Å². The van der Waals surface area contributed by atoms with Gasteiger partial charge in [0.2, 0.25) is 0 Å². The van der Waals surface area contributed by atoms with Gasteiger partial charge < -0.3 is 0 Å². The summed E-state index contributed by atoms with van der Waals surface area (Å²) in [4.78, 5) is 2.74. The zero-order valence-corrected chi connectivity index (χ0v) is 11.1. The van der Waals surface area contributed by atoms with Gasteiger partial charge in [0.1, 0.15) is 0 Å². The Morgan fingerprint density at radius 1 is 1.00 bits per heavy atom. The molecule has 2 aliphatic heterocycles. The van der Waals surface area contributed by atoms with Gasteiger partial charge in [0.05, 0.1) is 0 Å². The highest BCUT2D eigenvalue weighted by atomic mass is 79.9. The fraction of sp³-hybridized carbons (Fsp3) is 0.571. The number of hydrogen-bond acceptors (Lipinski definition) is 1. The number of rotatable bonds is 1. The lowest BCUT2D eigenvalue weighted by Crippen LogP contribution is -2.35. The van der Waals surface area contributed by atoms with Crippen molar-refractivity contribution in [2.45, 2.75) is 44.2 Å². The number of piperidine rings is 1. The van der Waals surface area contributed by atoms with Gasteiger partial charge in [-0.15, -0.1) is 0 Å². The third-order valence-electron chi connectivity index (χ3n) is 4.10. The normalized spacial score (nSPS) is 30.3. The summed E-state index contributed by atoms with van der Waals surface area (Å²) in [6, 6.07) is 10.5. The summed E-state index contributed by atoms with van der Waals surface area (Å²) in [6.45, 7) is 1.31. The Bertz CT molecular complexity index is 360. The van der Waals surface area contributed by atoms with E-state index in [1.807, 2.05) is 0 Å². The number of benzene rings is 1. The third kappa shape index (κ3) is 1.93. The molecular weight excluding hydrogens is 262 g/mol. The van der Waals surface area contributed by atoms with Gasteiger partial charge in [0.25, 0.3) is 0 Å². The summed E-state index contributed by atoms with van der Waals surface area (Å²) >= 11 is 3.51. The molecule has 3 rings (SSSR count). The van der Waals surface area contributed by atoms with E-state index in [2.05, 4.69) is 45.1 Å². The molecule has 0 spiro atoms. The molecule has 1 unspecified atom stereocenters. The first-order chi connectivity index (χ1) is 7.84. The van der Waals surface area contributed by atoms with E-state index >= 15 is 0 Å². The maximum atomic E-state index is 3.51. The summed E-state index contributed by atoms with van der Waals surface area (Å²) < 4.78 is 1.18. The van der Waals surface area contributed by atoms with Crippen LogP contribution in [0, 0.1) is 0 Å². The van der Waals surface area contributed by atoms with E-state index in [1.54, 1.807) is 0 Å². The van der Waals surface area contributed by atoms with Crippen LogP contribution in [-0.4, -0.2) is 17.5 Å². The Morgan fingerprint density at radius 3 is 2.62 bits per heavy atom. The molecule has 1 aromatic carbocycles. The molecule has 0 bridgehead atoms. The molecule has 2 atom stereocenters. The molecule has 1 aromatic rings. The fourth-order valence-electron chi connectivity index (χ4n) is 3.30. The first kappa shape index (κ1) is 10.8. The van der Waals surface area contributed by atoms with E-state index in [1.165, 1.54) is 48.7 Å². The molecule has 2 fully saturated rings. The van der Waals surface area contributed by atoms with Gasteiger partial charge in [0, 0.05) is 16.6 Å². The van der Waals surface area contributed by atoms with Gasteiger partial charge in [-0.25, -0.2) is 0 Å². The lowest BCUT2D eigenvalue weighted by molar-refractivity contribution is 0.150. The molecular formula is C14H18BrN. The van der Waals surface area contributed by atoms with Crippen LogP contribution in [0.1, 0.15) is 43.7 Å². The Kier molecular flexibility index (Phi) is 3.03. The standard InChI is InChI=1S/C14H18BrN/c15-12-6-4-11(5-7-12)14-9-8-13-3-1-2-10-16(13)14/h4-7,13-14H,1-3,8-10H2/t13?,14-/m0/s1. The smallest absolute Gasteiger partial charge is 0.0351 e. The Hall–Kier alpha value is -0.340. The van der Waals surface area contributed by atoms with Gasteiger partial charge >= 0.3 is 0 Å². The topological polar surface area (TPSA) is 3.24 Å². The van der Waals surface area contributed by atoms with Crippen LogP contribution in [0.15, 0.2) is 28.7 Å². The summed E-state index contributed by atoms with van der Waals surface area (Å²) in [6.07, 6.45) is 7.01. The molecule has 0 aromatic heterocycles. The lowest BCUT2D eigenvalue weighted by Gasteiger charge is -2.34. The zero-order chi connectivity index (χ0) is 11.0. The van der Waals surface area contributed by atoms with E-state index < -0.39 is 0 Å². The van der Waals surface area contributed by atoms with Crippen LogP contribution in [0.2, 0.25) is 0 Å². The third-order valence-corrected chi connectivity index (χ3v) is 4.63. The molecule has 0 saturated carbocycles. The Labute approximate surface area is 106 Å². The number of fused-ring (bicyclic) bond motifs is 1. The van der Waals surface area contributed by atoms with Gasteiger partial charge in [-0.1, -0.05) is 34.5 Å². The first-order valence-electron chi connectivity index (χ1n) is 6.36. The minimum absolute atomic E-state index is 0.693. The molecule has 1 nitrogen and oxygen atoms in total. The van der Waals surface area contributed by atoms with Crippen molar-refractivity contribution in [2.75, 3.05) is 6.54 Å². The van der Waals surface area contributed by atoms with Crippen molar-refractivity contribution in [1.29, 1.82) is 0 Å². The highest BCUT2D eigenvalue weighted by molar-refractivity contribution is 9.10. The van der Waals surface area contributed by atoms with E-state index in [9.17, 15) is 0 Å². The van der Waals surface area contributed by atoms with Gasteiger partial charge in [-0.05, 0) is 49.9 Å². The minimum atomic E-state index is 0.693. The van der Waals surface area contributed by atoms with Crippen molar-refractivity contribution in [3.8, 4) is 0 Å². The quantitative estimate of drug-likeness (QED) is 0.747. The van der Waals surface area contributed by atoms with Gasteiger partial charge in [0.15, 0.2) is 0 Å². The van der Waals surface area contributed by atoms with Gasteiger partial charge in [-0.3, -0.25) is 4.90 Å². The van der Waals surface area contributed by atoms with Crippen molar-refractivity contribution in [3.05, 3.63) is 34.3 Å². The number of nitrogens with zero attached hydrogens (tertiary/aromatic N) is 1. The highest BCUT2D eigenvalue weighted by Crippen LogP contribution is 2.40. The molecule has 86 valence electrons. The second-order valence-corrected chi connectivity index (χ2v) is 5.95. The van der Waals surface area contributed by atoms with E-state index in [4.69, 9.17) is 0 Å². The Balaban J connectivity index is 1.82. The summed E-state index contributed by atoms with van der Waals surface area (Å²) in [5, 5.41) is 0. The molecule has 2 heteroatoms. The number of halogens is 1. The summed E-state index contributed by atoms with van der Waals surface area (Å²) in [7, 11) is 0. The molecule has 2 aliphatic rings. The number of hydrogen-bond donors (Lipinski definition) is 0. The lowest BCUT2D eigenvalue weighted by atomic mass is 10.0. The largest absolute Gasteiger partial charge is 0.293 e. The fourth-order valence-corrected chi connectivity index (χ4v) is 3.57. The van der Waals surface area contributed by atoms with Crippen LogP contribution in [0.25, 0.3) is 0 Å². The van der Waals surface area contributed by atoms with Crippen LogP contribution in [0.4, 0.5) is 0 Å². The van der Waals surface area contributed by atoms with Crippen molar-refractivity contribution in [3.63, 3.8) is 0 Å². The molecule has 0 aliphatic carbocycles. The SMILES string of the molecule is Brc1ccc([C@@H]2CCC3CCCCN32)cc1. The van der Waals surface area contributed by atoms with E-state index in [0.29, 0.717) is 6.04 Å². The van der Waals surface area contributed by atoms with Crippen LogP contribution in [-0.2, 0) is 0 Å². The minimum Gasteiger partial charge on any atom is -0.293 e. The molecule has 0 N–H and O–H groups in total. The molecule has 2 heterocycles. The van der Waals surface area contributed by atoms with E-state index in [-0.39, 0.29) is 0 Å². The van der Waals surface area contributed by atoms with Crippen molar-refractivity contribution >= 4 is 15.9 Å². The average molecular weight is 280 g/mol. The molecule has 16 heavy (non-hydrogen) atoms. The second kappa shape index (κ2) is 4.50. The van der Waals surface area contributed by atoms with Crippen molar-refractivity contribution < 1.29 is 0 Å². The summed E-state index contributed by atoms with van der Waals surface area (Å²) in [5.41, 5.74) is 1.51. The van der Waals surface area contributed by atoms with Crippen molar-refractivity contribution in [2.24, 2.45) is 0 Å². The zero-order valence-electron chi connectivity index (χ0n) is 9.53. The van der Waals surface area contributed by atoms with Crippen molar-refractivity contribution in [1.82, 2.24) is 4.90 Å². The van der Waals surface area contributed by atoms with Gasteiger partial charge in [-0.2, -0.15) is 0 Å². The van der Waals surface area contributed by atoms with Crippen LogP contribution < -0.4 is 0 Å². The maximum Gasteiger partial charge on any atom is 0.0351 e. The second-order valence-electron chi connectivity index (χ2n) is 5.03. The van der Waals surface area contributed by atoms with Crippen LogP contribution in [0.3, 0.4) is 0 Å². The average Bonchev–Trinajstić information content (AvgIpc) is 2.74. The van der Waals surface area contributed by atoms with E-state index in [0.717, 1.165) is 6.04 Å². The Morgan fingerprint density at radius 2 is 1.81 bits per heavy atom. The monoisotopic (exact) mass is 279 g/mol. The van der Waals surface area contributed by atoms with Crippen LogP contribution >= 0.6 is 15.9 Å². The predicted octanol–water partition coefficient (Wildman–Crippen LogP) is 4.14. The first-order valence-corrected chi connectivity index (χ1v) is 7.15. The maximum absolute atomic E-state index is 3.51. The molecule has 2 saturated heterocycles. The predicted molar refractivity (Wildman–Crippen MR) is 70.5 cm³/mol. The molecule has 0 amide bonds. The summed E-state index contributed by atoms with van der Waals surface area (Å²) in [5.74, 6) is 0. The highest BCUT2D eigenvalue weighted by Gasteiger charge is 2.35.